The maximum absolute atomic E-state index is 11.1. The highest BCUT2D eigenvalue weighted by Crippen LogP contribution is 2.16. The molecule has 0 bridgehead atoms. The number of hydrogen-bond acceptors (Lipinski definition) is 3. The molecule has 0 radical (unpaired) electrons. The van der Waals surface area contributed by atoms with Gasteiger partial charge in [-0.15, -0.1) is 0 Å². The summed E-state index contributed by atoms with van der Waals surface area (Å²) < 4.78 is 4.96. The van der Waals surface area contributed by atoms with Crippen LogP contribution in [-0.4, -0.2) is 11.5 Å². The molecule has 0 amide bonds. The first-order chi connectivity index (χ1) is 9.31. The lowest BCUT2D eigenvalue weighted by Gasteiger charge is -2.06. The van der Waals surface area contributed by atoms with Gasteiger partial charge < -0.3 is 9.73 Å². The van der Waals surface area contributed by atoms with Crippen LogP contribution in [-0.2, 0) is 6.42 Å². The molecule has 3 aromatic rings. The first kappa shape index (κ1) is 11.6. The summed E-state index contributed by atoms with van der Waals surface area (Å²) in [6.07, 6.45) is 0.959. The summed E-state index contributed by atoms with van der Waals surface area (Å²) in [5, 5.41) is 3.33. The highest BCUT2D eigenvalue weighted by molar-refractivity contribution is 5.76. The third-order valence-electron chi connectivity index (χ3n) is 3.00. The zero-order valence-corrected chi connectivity index (χ0v) is 10.3. The first-order valence-corrected chi connectivity index (χ1v) is 6.22. The van der Waals surface area contributed by atoms with Crippen LogP contribution in [0.2, 0.25) is 0 Å². The fourth-order valence-electron chi connectivity index (χ4n) is 2.06. The molecule has 0 spiro atoms. The van der Waals surface area contributed by atoms with Gasteiger partial charge in [-0.3, -0.25) is 4.98 Å². The van der Waals surface area contributed by atoms with Crippen LogP contribution < -0.4 is 11.1 Å². The van der Waals surface area contributed by atoms with Crippen LogP contribution in [0.5, 0.6) is 0 Å². The summed E-state index contributed by atoms with van der Waals surface area (Å²) in [5.41, 5.74) is 3.57. The number of hydrogen-bond donors (Lipinski definition) is 2. The van der Waals surface area contributed by atoms with Crippen molar-refractivity contribution < 1.29 is 4.42 Å². The van der Waals surface area contributed by atoms with Crippen molar-refractivity contribution in [3.05, 3.63) is 64.6 Å². The van der Waals surface area contributed by atoms with E-state index in [1.165, 1.54) is 5.56 Å². The van der Waals surface area contributed by atoms with Crippen LogP contribution in [0.4, 0.5) is 5.69 Å². The van der Waals surface area contributed by atoms with Gasteiger partial charge in [-0.2, -0.15) is 0 Å². The van der Waals surface area contributed by atoms with Crippen LogP contribution in [0.1, 0.15) is 5.56 Å². The smallest absolute Gasteiger partial charge is 0.408 e. The number of H-pyrrole nitrogens is 1. The fourth-order valence-corrected chi connectivity index (χ4v) is 2.06. The Morgan fingerprint density at radius 3 is 2.79 bits per heavy atom. The largest absolute Gasteiger partial charge is 0.417 e. The molecule has 0 aliphatic rings. The van der Waals surface area contributed by atoms with Gasteiger partial charge in [0.1, 0.15) is 0 Å². The Morgan fingerprint density at radius 2 is 1.95 bits per heavy atom. The summed E-state index contributed by atoms with van der Waals surface area (Å²) in [4.78, 5) is 13.7. The van der Waals surface area contributed by atoms with Gasteiger partial charge in [0, 0.05) is 12.2 Å². The van der Waals surface area contributed by atoms with Gasteiger partial charge in [-0.1, -0.05) is 30.3 Å². The van der Waals surface area contributed by atoms with Crippen molar-refractivity contribution in [2.75, 3.05) is 11.9 Å². The second kappa shape index (κ2) is 5.02. The van der Waals surface area contributed by atoms with E-state index < -0.39 is 5.76 Å². The van der Waals surface area contributed by atoms with Gasteiger partial charge in [-0.25, -0.2) is 4.79 Å². The maximum Gasteiger partial charge on any atom is 0.417 e. The summed E-state index contributed by atoms with van der Waals surface area (Å²) in [6.45, 7) is 0.845. The van der Waals surface area contributed by atoms with E-state index in [4.69, 9.17) is 4.42 Å². The number of aromatic nitrogens is 1. The first-order valence-electron chi connectivity index (χ1n) is 6.22. The number of anilines is 1. The van der Waals surface area contributed by atoms with Crippen molar-refractivity contribution >= 4 is 16.8 Å². The summed E-state index contributed by atoms with van der Waals surface area (Å²) in [5.74, 6) is -0.420. The molecule has 4 heteroatoms. The van der Waals surface area contributed by atoms with Crippen molar-refractivity contribution in [3.8, 4) is 0 Å². The lowest BCUT2D eigenvalue weighted by molar-refractivity contribution is 0.555. The molecule has 1 aromatic heterocycles. The molecule has 96 valence electrons. The van der Waals surface area contributed by atoms with Crippen molar-refractivity contribution in [2.45, 2.75) is 6.42 Å². The molecule has 0 saturated heterocycles. The summed E-state index contributed by atoms with van der Waals surface area (Å²) >= 11 is 0. The molecular weight excluding hydrogens is 240 g/mol. The molecule has 2 N–H and O–H groups in total. The van der Waals surface area contributed by atoms with Crippen LogP contribution >= 0.6 is 0 Å². The number of aromatic amines is 1. The standard InChI is InChI=1S/C15H14N2O2/c18-15-17-13-10-12(6-7-14(13)19-15)16-9-8-11-4-2-1-3-5-11/h1-7,10,16H,8-9H2,(H,17,18). The number of fused-ring (bicyclic) bond motifs is 1. The topological polar surface area (TPSA) is 58.0 Å². The van der Waals surface area contributed by atoms with Gasteiger partial charge >= 0.3 is 5.76 Å². The van der Waals surface area contributed by atoms with Gasteiger partial charge in [0.2, 0.25) is 0 Å². The van der Waals surface area contributed by atoms with Gasteiger partial charge in [0.15, 0.2) is 5.58 Å². The number of benzene rings is 2. The SMILES string of the molecule is O=c1[nH]c2cc(NCCc3ccccc3)ccc2o1. The van der Waals surface area contributed by atoms with Crippen molar-refractivity contribution in [1.29, 1.82) is 0 Å². The van der Waals surface area contributed by atoms with Crippen molar-refractivity contribution in [3.63, 3.8) is 0 Å². The summed E-state index contributed by atoms with van der Waals surface area (Å²) in [7, 11) is 0. The quantitative estimate of drug-likeness (QED) is 0.752. The van der Waals surface area contributed by atoms with E-state index in [0.717, 1.165) is 24.2 Å². The van der Waals surface area contributed by atoms with E-state index >= 15 is 0 Å². The van der Waals surface area contributed by atoms with Crippen LogP contribution in [0.25, 0.3) is 11.1 Å². The third kappa shape index (κ3) is 2.68. The van der Waals surface area contributed by atoms with E-state index in [9.17, 15) is 4.79 Å². The molecule has 19 heavy (non-hydrogen) atoms. The Hall–Kier alpha value is -2.49. The zero-order valence-electron chi connectivity index (χ0n) is 10.3. The molecule has 0 aliphatic heterocycles. The minimum Gasteiger partial charge on any atom is -0.408 e. The molecular formula is C15H14N2O2. The highest BCUT2D eigenvalue weighted by Gasteiger charge is 2.01. The predicted octanol–water partition coefficient (Wildman–Crippen LogP) is 2.78. The van der Waals surface area contributed by atoms with Gasteiger partial charge in [0.05, 0.1) is 5.52 Å². The van der Waals surface area contributed by atoms with Crippen LogP contribution in [0.15, 0.2) is 57.7 Å². The molecule has 0 atom stereocenters. The Bertz CT molecular complexity index is 728. The molecule has 3 rings (SSSR count). The zero-order chi connectivity index (χ0) is 13.1. The minimum atomic E-state index is -0.420. The predicted molar refractivity (Wildman–Crippen MR) is 75.5 cm³/mol. The second-order valence-electron chi connectivity index (χ2n) is 4.39. The van der Waals surface area contributed by atoms with Gasteiger partial charge in [0.25, 0.3) is 0 Å². The van der Waals surface area contributed by atoms with Crippen LogP contribution in [0.3, 0.4) is 0 Å². The average molecular weight is 254 g/mol. The van der Waals surface area contributed by atoms with E-state index in [1.54, 1.807) is 6.07 Å². The number of rotatable bonds is 4. The van der Waals surface area contributed by atoms with E-state index in [1.807, 2.05) is 30.3 Å². The molecule has 0 saturated carbocycles. The second-order valence-corrected chi connectivity index (χ2v) is 4.39. The maximum atomic E-state index is 11.1. The minimum absolute atomic E-state index is 0.420. The Labute approximate surface area is 110 Å². The Kier molecular flexibility index (Phi) is 3.06. The number of oxazole rings is 1. The lowest BCUT2D eigenvalue weighted by atomic mass is 10.1. The molecule has 4 nitrogen and oxygen atoms in total. The van der Waals surface area contributed by atoms with E-state index in [2.05, 4.69) is 22.4 Å². The third-order valence-corrected chi connectivity index (χ3v) is 3.00. The molecule has 2 aromatic carbocycles. The van der Waals surface area contributed by atoms with Gasteiger partial charge in [-0.05, 0) is 30.2 Å². The monoisotopic (exact) mass is 254 g/mol. The van der Waals surface area contributed by atoms with E-state index in [0.29, 0.717) is 5.58 Å². The van der Waals surface area contributed by atoms with Crippen LogP contribution in [0, 0.1) is 0 Å². The molecule has 0 aliphatic carbocycles. The number of nitrogens with one attached hydrogen (secondary N) is 2. The molecule has 0 unspecified atom stereocenters. The molecule has 0 fully saturated rings. The lowest BCUT2D eigenvalue weighted by Crippen LogP contribution is -2.04. The van der Waals surface area contributed by atoms with E-state index in [-0.39, 0.29) is 0 Å². The highest BCUT2D eigenvalue weighted by atomic mass is 16.4. The fraction of sp³-hybridized carbons (Fsp3) is 0.133. The van der Waals surface area contributed by atoms with Crippen molar-refractivity contribution in [2.24, 2.45) is 0 Å². The normalized spacial score (nSPS) is 10.7. The summed E-state index contributed by atoms with van der Waals surface area (Å²) in [6, 6.07) is 15.9. The Morgan fingerprint density at radius 1 is 1.11 bits per heavy atom. The van der Waals surface area contributed by atoms with Crippen molar-refractivity contribution in [1.82, 2.24) is 4.98 Å². The molecule has 1 heterocycles. The Balaban J connectivity index is 1.66. The average Bonchev–Trinajstić information content (AvgIpc) is 2.79.